The Kier molecular flexibility index (Phi) is 16.1. The Labute approximate surface area is 263 Å². The number of fused-ring (bicyclic) bond motifs is 2. The van der Waals surface area contributed by atoms with E-state index in [4.69, 9.17) is 4.99 Å². The number of carbonyl (C=O) groups is 1. The van der Waals surface area contributed by atoms with Gasteiger partial charge < -0.3 is 10.2 Å². The second-order valence-corrected chi connectivity index (χ2v) is 12.4. The number of unbranched alkanes of at least 4 members (excludes halogenated alkanes) is 1. The first-order valence-corrected chi connectivity index (χ1v) is 16.7. The van der Waals surface area contributed by atoms with Gasteiger partial charge in [0.25, 0.3) is 0 Å². The lowest BCUT2D eigenvalue weighted by atomic mass is 9.74. The highest BCUT2D eigenvalue weighted by atomic mass is 16.2. The molecule has 0 spiro atoms. The summed E-state index contributed by atoms with van der Waals surface area (Å²) in [5.41, 5.74) is 9.43. The zero-order chi connectivity index (χ0) is 31.8. The summed E-state index contributed by atoms with van der Waals surface area (Å²) in [5.74, 6) is 0.736. The highest BCUT2D eigenvalue weighted by molar-refractivity contribution is 6.11. The molecule has 2 amide bonds. The van der Waals surface area contributed by atoms with E-state index in [2.05, 4.69) is 95.9 Å². The maximum Gasteiger partial charge on any atom is 0.317 e. The molecule has 0 bridgehead atoms. The van der Waals surface area contributed by atoms with E-state index in [0.29, 0.717) is 5.92 Å². The highest BCUT2D eigenvalue weighted by Crippen LogP contribution is 2.43. The van der Waals surface area contributed by atoms with Crippen molar-refractivity contribution in [1.82, 2.24) is 10.2 Å². The SMILES string of the molecule is C=CC.CC=C(C)C.CCCCC(C)NC(=O)N1CCC(C2C3=NC=CCC=C3C(CCC)=Cc3cc(C)ccc32)CC1. The van der Waals surface area contributed by atoms with Crippen LogP contribution in [-0.2, 0) is 0 Å². The van der Waals surface area contributed by atoms with Crippen LogP contribution in [0.25, 0.3) is 6.08 Å². The number of hydrogen-bond donors (Lipinski definition) is 1. The molecule has 1 N–H and O–H groups in total. The molecule has 0 saturated carbocycles. The zero-order valence-electron chi connectivity index (χ0n) is 28.5. The van der Waals surface area contributed by atoms with Crippen LogP contribution in [0.15, 0.2) is 77.0 Å². The van der Waals surface area contributed by atoms with Crippen molar-refractivity contribution in [3.63, 3.8) is 0 Å². The predicted octanol–water partition coefficient (Wildman–Crippen LogP) is 10.7. The first-order valence-electron chi connectivity index (χ1n) is 16.7. The Morgan fingerprint density at radius 3 is 2.44 bits per heavy atom. The van der Waals surface area contributed by atoms with Crippen LogP contribution in [0, 0.1) is 12.8 Å². The number of aliphatic imine (C=N–C) groups is 1. The smallest absolute Gasteiger partial charge is 0.317 e. The molecular formula is C39H59N3O. The molecular weight excluding hydrogens is 526 g/mol. The molecule has 2 unspecified atom stereocenters. The Bertz CT molecular complexity index is 1190. The summed E-state index contributed by atoms with van der Waals surface area (Å²) in [6.07, 6.45) is 21.3. The normalized spacial score (nSPS) is 18.3. The van der Waals surface area contributed by atoms with Crippen molar-refractivity contribution in [3.05, 3.63) is 88.7 Å². The number of rotatable bonds is 7. The molecule has 2 heterocycles. The van der Waals surface area contributed by atoms with Gasteiger partial charge in [-0.3, -0.25) is 4.99 Å². The highest BCUT2D eigenvalue weighted by Gasteiger charge is 2.36. The Hall–Kier alpha value is -3.14. The molecule has 2 atom stereocenters. The van der Waals surface area contributed by atoms with E-state index in [0.717, 1.165) is 58.0 Å². The van der Waals surface area contributed by atoms with Crippen LogP contribution < -0.4 is 5.32 Å². The summed E-state index contributed by atoms with van der Waals surface area (Å²) in [7, 11) is 0. The van der Waals surface area contributed by atoms with Crippen LogP contribution in [0.3, 0.4) is 0 Å². The number of piperidine rings is 1. The van der Waals surface area contributed by atoms with Crippen molar-refractivity contribution in [2.75, 3.05) is 13.1 Å². The fourth-order valence-corrected chi connectivity index (χ4v) is 5.89. The fourth-order valence-electron chi connectivity index (χ4n) is 5.89. The number of allylic oxidation sites excluding steroid dienone is 7. The Morgan fingerprint density at radius 2 is 1.84 bits per heavy atom. The summed E-state index contributed by atoms with van der Waals surface area (Å²) >= 11 is 0. The third-order valence-corrected chi connectivity index (χ3v) is 8.36. The molecule has 0 radical (unpaired) electrons. The second-order valence-electron chi connectivity index (χ2n) is 12.4. The molecule has 1 aliphatic carbocycles. The van der Waals surface area contributed by atoms with Gasteiger partial charge in [0.2, 0.25) is 0 Å². The van der Waals surface area contributed by atoms with Crippen LogP contribution in [0.5, 0.6) is 0 Å². The van der Waals surface area contributed by atoms with Gasteiger partial charge in [0.15, 0.2) is 0 Å². The van der Waals surface area contributed by atoms with Gasteiger partial charge in [0.05, 0.1) is 5.71 Å². The molecule has 1 aromatic carbocycles. The van der Waals surface area contributed by atoms with E-state index >= 15 is 0 Å². The largest absolute Gasteiger partial charge is 0.336 e. The number of aryl methyl sites for hydroxylation is 1. The number of benzene rings is 1. The predicted molar refractivity (Wildman–Crippen MR) is 189 cm³/mol. The van der Waals surface area contributed by atoms with Gasteiger partial charge in [0, 0.05) is 31.2 Å². The first-order chi connectivity index (χ1) is 20.7. The summed E-state index contributed by atoms with van der Waals surface area (Å²) in [6.45, 7) is 21.8. The average Bonchev–Trinajstić information content (AvgIpc) is 3.30. The maximum absolute atomic E-state index is 12.9. The van der Waals surface area contributed by atoms with Crippen molar-refractivity contribution in [2.45, 2.75) is 119 Å². The van der Waals surface area contributed by atoms with Crippen LogP contribution in [0.2, 0.25) is 0 Å². The number of amides is 2. The van der Waals surface area contributed by atoms with Crippen molar-refractivity contribution in [3.8, 4) is 0 Å². The fraction of sp³-hybridized carbons (Fsp3) is 0.538. The third kappa shape index (κ3) is 11.1. The van der Waals surface area contributed by atoms with Crippen LogP contribution in [-0.4, -0.2) is 35.8 Å². The number of carbonyl (C=O) groups excluding carboxylic acids is 1. The van der Waals surface area contributed by atoms with Crippen molar-refractivity contribution < 1.29 is 4.79 Å². The number of likely N-dealkylation sites (tertiary alicyclic amines) is 1. The number of nitrogens with one attached hydrogen (secondary N) is 1. The minimum Gasteiger partial charge on any atom is -0.336 e. The number of nitrogens with zero attached hydrogens (tertiary/aromatic N) is 2. The van der Waals surface area contributed by atoms with Crippen molar-refractivity contribution in [1.29, 1.82) is 0 Å². The molecule has 43 heavy (non-hydrogen) atoms. The quantitative estimate of drug-likeness (QED) is 0.318. The minimum absolute atomic E-state index is 0.103. The van der Waals surface area contributed by atoms with E-state index in [-0.39, 0.29) is 18.0 Å². The summed E-state index contributed by atoms with van der Waals surface area (Å²) in [4.78, 5) is 20.0. The van der Waals surface area contributed by atoms with E-state index in [1.165, 1.54) is 45.5 Å². The molecule has 3 aliphatic rings. The van der Waals surface area contributed by atoms with Crippen LogP contribution in [0.4, 0.5) is 4.79 Å². The van der Waals surface area contributed by atoms with Crippen LogP contribution in [0.1, 0.15) is 122 Å². The minimum atomic E-state index is 0.103. The maximum atomic E-state index is 12.9. The summed E-state index contributed by atoms with van der Waals surface area (Å²) < 4.78 is 0. The molecule has 4 rings (SSSR count). The molecule has 2 aliphatic heterocycles. The molecule has 4 heteroatoms. The van der Waals surface area contributed by atoms with Gasteiger partial charge in [-0.05, 0) is 102 Å². The summed E-state index contributed by atoms with van der Waals surface area (Å²) in [5, 5.41) is 3.22. The molecule has 1 fully saturated rings. The van der Waals surface area contributed by atoms with Crippen LogP contribution >= 0.6 is 0 Å². The van der Waals surface area contributed by atoms with E-state index in [9.17, 15) is 4.79 Å². The zero-order valence-corrected chi connectivity index (χ0v) is 28.5. The molecule has 236 valence electrons. The molecule has 0 aromatic heterocycles. The average molecular weight is 586 g/mol. The number of hydrogen-bond acceptors (Lipinski definition) is 2. The summed E-state index contributed by atoms with van der Waals surface area (Å²) in [6, 6.07) is 7.28. The topological polar surface area (TPSA) is 44.7 Å². The second kappa shape index (κ2) is 19.2. The Morgan fingerprint density at radius 1 is 1.16 bits per heavy atom. The molecule has 1 saturated heterocycles. The van der Waals surface area contributed by atoms with Gasteiger partial charge in [-0.2, -0.15) is 0 Å². The van der Waals surface area contributed by atoms with E-state index in [1.54, 1.807) is 6.08 Å². The van der Waals surface area contributed by atoms with Gasteiger partial charge >= 0.3 is 6.03 Å². The first kappa shape index (κ1) is 36.1. The van der Waals surface area contributed by atoms with Gasteiger partial charge in [-0.15, -0.1) is 6.58 Å². The number of urea groups is 1. The lowest BCUT2D eigenvalue weighted by Crippen LogP contribution is -2.48. The van der Waals surface area contributed by atoms with Gasteiger partial charge in [-0.1, -0.05) is 92.8 Å². The third-order valence-electron chi connectivity index (χ3n) is 8.36. The molecule has 1 aromatic rings. The molecule has 4 nitrogen and oxygen atoms in total. The lowest BCUT2D eigenvalue weighted by Gasteiger charge is -2.37. The van der Waals surface area contributed by atoms with Gasteiger partial charge in [-0.25, -0.2) is 4.79 Å². The Balaban J connectivity index is 0.000000719. The monoisotopic (exact) mass is 585 g/mol. The van der Waals surface area contributed by atoms with Gasteiger partial charge in [0.1, 0.15) is 0 Å². The van der Waals surface area contributed by atoms with Crippen molar-refractivity contribution in [2.24, 2.45) is 10.9 Å². The lowest BCUT2D eigenvalue weighted by molar-refractivity contribution is 0.165. The van der Waals surface area contributed by atoms with Crippen molar-refractivity contribution >= 4 is 17.8 Å². The standard InChI is InChI=1S/C31H43N3O.C5H10.C3H6/c1-5-7-11-23(4)33-31(35)34-18-15-24(16-19-34)29-27-14-13-22(3)20-26(27)21-25(10-6-2)28-12-8-9-17-32-30(28)29;1-4-5(2)3;1-3-2/h9,12-14,17,20-21,23-24,29H,5-8,10-11,15-16,18-19H2,1-4H3,(H,33,35);4H,1-3H3;3H,1H2,2H3. The van der Waals surface area contributed by atoms with E-state index in [1.807, 2.05) is 24.9 Å². The van der Waals surface area contributed by atoms with E-state index < -0.39 is 0 Å².